The molecule has 0 aromatic carbocycles. The van der Waals surface area contributed by atoms with E-state index in [0.717, 1.165) is 17.8 Å². The zero-order valence-electron chi connectivity index (χ0n) is 18.1. The molecule has 1 aliphatic heterocycles. The number of hydrogen-bond donors (Lipinski definition) is 1. The SMILES string of the molecule is O=C(c1nnc(-c2ccc(C(F)(F)F)cn2)o1)N1CCc2[nH]cnc2C1c1cc2c(F)cccn2n1. The van der Waals surface area contributed by atoms with Crippen molar-refractivity contribution in [1.82, 2.24) is 39.7 Å². The standard InChI is InChI=1S/C22H14F4N8O2/c23-12-2-1-6-34-16(12)8-15(32-34)18-17-13(28-10-29-17)5-7-33(18)21(35)20-31-30-19(36-20)14-4-3-11(9-27-14)22(24,25)26/h1-4,6,8-10,18H,5,7H2,(H,28,29). The number of amides is 1. The fourth-order valence-electron chi connectivity index (χ4n) is 4.15. The molecule has 14 heteroatoms. The first-order valence-corrected chi connectivity index (χ1v) is 10.6. The topological polar surface area (TPSA) is 118 Å². The lowest BCUT2D eigenvalue weighted by molar-refractivity contribution is -0.137. The Morgan fingerprint density at radius 2 is 2.03 bits per heavy atom. The van der Waals surface area contributed by atoms with Crippen LogP contribution < -0.4 is 0 Å². The van der Waals surface area contributed by atoms with Gasteiger partial charge in [0.1, 0.15) is 23.1 Å². The van der Waals surface area contributed by atoms with E-state index in [2.05, 4.69) is 30.2 Å². The van der Waals surface area contributed by atoms with Gasteiger partial charge in [-0.3, -0.25) is 9.78 Å². The number of imidazole rings is 1. The average molecular weight is 498 g/mol. The molecule has 1 aliphatic rings. The second-order valence-corrected chi connectivity index (χ2v) is 8.01. The Balaban J connectivity index is 1.35. The largest absolute Gasteiger partial charge is 0.417 e. The summed E-state index contributed by atoms with van der Waals surface area (Å²) in [5.41, 5.74) is 1.01. The molecule has 0 saturated carbocycles. The number of alkyl halides is 3. The molecule has 6 rings (SSSR count). The molecule has 0 fully saturated rings. The number of pyridine rings is 2. The van der Waals surface area contributed by atoms with E-state index in [0.29, 0.717) is 24.0 Å². The van der Waals surface area contributed by atoms with E-state index >= 15 is 0 Å². The molecule has 6 heterocycles. The van der Waals surface area contributed by atoms with Crippen LogP contribution in [0.3, 0.4) is 0 Å². The highest BCUT2D eigenvalue weighted by atomic mass is 19.4. The van der Waals surface area contributed by atoms with Crippen LogP contribution >= 0.6 is 0 Å². The first-order valence-electron chi connectivity index (χ1n) is 10.6. The van der Waals surface area contributed by atoms with Gasteiger partial charge < -0.3 is 14.3 Å². The first kappa shape index (κ1) is 21.9. The Morgan fingerprint density at radius 1 is 1.17 bits per heavy atom. The summed E-state index contributed by atoms with van der Waals surface area (Å²) in [4.78, 5) is 26.0. The molecular formula is C22H14F4N8O2. The molecule has 5 aromatic rings. The third-order valence-corrected chi connectivity index (χ3v) is 5.85. The number of rotatable bonds is 3. The van der Waals surface area contributed by atoms with Gasteiger partial charge in [0.15, 0.2) is 0 Å². The Hall–Kier alpha value is -4.62. The molecule has 0 spiro atoms. The van der Waals surface area contributed by atoms with Crippen molar-refractivity contribution in [2.75, 3.05) is 6.54 Å². The Labute approximate surface area is 198 Å². The Kier molecular flexibility index (Phi) is 4.84. The number of carbonyl (C=O) groups is 1. The van der Waals surface area contributed by atoms with Crippen molar-refractivity contribution in [2.45, 2.75) is 18.6 Å². The van der Waals surface area contributed by atoms with Gasteiger partial charge in [0.2, 0.25) is 0 Å². The maximum absolute atomic E-state index is 14.3. The van der Waals surface area contributed by atoms with Gasteiger partial charge in [-0.1, -0.05) is 0 Å². The predicted molar refractivity (Wildman–Crippen MR) is 113 cm³/mol. The fourth-order valence-corrected chi connectivity index (χ4v) is 4.15. The lowest BCUT2D eigenvalue weighted by Crippen LogP contribution is -2.41. The quantitative estimate of drug-likeness (QED) is 0.379. The van der Waals surface area contributed by atoms with E-state index in [-0.39, 0.29) is 29.5 Å². The molecular weight excluding hydrogens is 484 g/mol. The zero-order valence-corrected chi connectivity index (χ0v) is 18.1. The van der Waals surface area contributed by atoms with E-state index < -0.39 is 29.5 Å². The highest BCUT2D eigenvalue weighted by Crippen LogP contribution is 2.35. The summed E-state index contributed by atoms with van der Waals surface area (Å²) in [6.45, 7) is 0.241. The summed E-state index contributed by atoms with van der Waals surface area (Å²) in [6.07, 6.45) is -0.354. The van der Waals surface area contributed by atoms with Gasteiger partial charge in [0, 0.05) is 31.1 Å². The maximum Gasteiger partial charge on any atom is 0.417 e. The van der Waals surface area contributed by atoms with Crippen LogP contribution in [0.4, 0.5) is 17.6 Å². The molecule has 0 aliphatic carbocycles. The van der Waals surface area contributed by atoms with Gasteiger partial charge in [-0.05, 0) is 30.3 Å². The Bertz CT molecular complexity index is 1590. The van der Waals surface area contributed by atoms with Crippen LogP contribution in [0.15, 0.2) is 53.5 Å². The summed E-state index contributed by atoms with van der Waals surface area (Å²) >= 11 is 0. The average Bonchev–Trinajstić information content (AvgIpc) is 3.62. The fraction of sp³-hybridized carbons (Fsp3) is 0.182. The van der Waals surface area contributed by atoms with Gasteiger partial charge in [0.25, 0.3) is 5.89 Å². The molecule has 5 aromatic heterocycles. The van der Waals surface area contributed by atoms with E-state index in [1.807, 2.05) is 0 Å². The van der Waals surface area contributed by atoms with E-state index in [1.165, 1.54) is 33.9 Å². The smallest absolute Gasteiger partial charge is 0.411 e. The van der Waals surface area contributed by atoms with Gasteiger partial charge in [-0.25, -0.2) is 13.9 Å². The van der Waals surface area contributed by atoms with E-state index in [9.17, 15) is 22.4 Å². The lowest BCUT2D eigenvalue weighted by atomic mass is 9.99. The minimum absolute atomic E-state index is 0.0184. The molecule has 0 radical (unpaired) electrons. The highest BCUT2D eigenvalue weighted by Gasteiger charge is 2.38. The minimum atomic E-state index is -4.54. The van der Waals surface area contributed by atoms with Crippen molar-refractivity contribution in [2.24, 2.45) is 0 Å². The molecule has 1 unspecified atom stereocenters. The molecule has 1 amide bonds. The van der Waals surface area contributed by atoms with Crippen molar-refractivity contribution in [3.8, 4) is 11.6 Å². The van der Waals surface area contributed by atoms with Gasteiger partial charge in [-0.15, -0.1) is 10.2 Å². The number of aromatic amines is 1. The number of aromatic nitrogens is 7. The molecule has 1 N–H and O–H groups in total. The van der Waals surface area contributed by atoms with Crippen LogP contribution in [-0.4, -0.2) is 52.1 Å². The van der Waals surface area contributed by atoms with Crippen molar-refractivity contribution in [1.29, 1.82) is 0 Å². The number of halogens is 4. The summed E-state index contributed by atoms with van der Waals surface area (Å²) in [7, 11) is 0. The van der Waals surface area contributed by atoms with E-state index in [1.54, 1.807) is 6.20 Å². The Morgan fingerprint density at radius 3 is 2.78 bits per heavy atom. The predicted octanol–water partition coefficient (Wildman–Crippen LogP) is 3.45. The molecule has 10 nitrogen and oxygen atoms in total. The lowest BCUT2D eigenvalue weighted by Gasteiger charge is -2.32. The monoisotopic (exact) mass is 498 g/mol. The number of hydrogen-bond acceptors (Lipinski definition) is 7. The second kappa shape index (κ2) is 7.96. The normalized spacial score (nSPS) is 15.9. The summed E-state index contributed by atoms with van der Waals surface area (Å²) in [5.74, 6) is -1.71. The van der Waals surface area contributed by atoms with Crippen LogP contribution in [0.1, 0.15) is 39.4 Å². The van der Waals surface area contributed by atoms with Crippen molar-refractivity contribution in [3.05, 3.63) is 83.4 Å². The van der Waals surface area contributed by atoms with Crippen LogP contribution in [-0.2, 0) is 12.6 Å². The molecule has 0 bridgehead atoms. The van der Waals surface area contributed by atoms with Gasteiger partial charge in [0.05, 0.1) is 23.3 Å². The number of nitrogens with zero attached hydrogens (tertiary/aromatic N) is 7. The third-order valence-electron chi connectivity index (χ3n) is 5.85. The van der Waals surface area contributed by atoms with Crippen molar-refractivity contribution < 1.29 is 26.8 Å². The zero-order chi connectivity index (χ0) is 25.0. The van der Waals surface area contributed by atoms with Gasteiger partial charge >= 0.3 is 18.0 Å². The molecule has 0 saturated heterocycles. The summed E-state index contributed by atoms with van der Waals surface area (Å²) in [5, 5.41) is 12.0. The van der Waals surface area contributed by atoms with Crippen LogP contribution in [0.2, 0.25) is 0 Å². The van der Waals surface area contributed by atoms with Gasteiger partial charge in [-0.2, -0.15) is 18.3 Å². The number of carbonyl (C=O) groups excluding carboxylic acids is 1. The molecule has 36 heavy (non-hydrogen) atoms. The maximum atomic E-state index is 14.3. The summed E-state index contributed by atoms with van der Waals surface area (Å²) in [6, 6.07) is 5.49. The van der Waals surface area contributed by atoms with E-state index in [4.69, 9.17) is 4.42 Å². The number of nitrogens with one attached hydrogen (secondary N) is 1. The van der Waals surface area contributed by atoms with Crippen LogP contribution in [0, 0.1) is 5.82 Å². The third kappa shape index (κ3) is 3.57. The molecule has 1 atom stereocenters. The first-order chi connectivity index (χ1) is 17.3. The number of fused-ring (bicyclic) bond motifs is 2. The van der Waals surface area contributed by atoms with Crippen LogP contribution in [0.25, 0.3) is 17.1 Å². The number of H-pyrrole nitrogens is 1. The molecule has 182 valence electrons. The van der Waals surface area contributed by atoms with Crippen LogP contribution in [0.5, 0.6) is 0 Å². The minimum Gasteiger partial charge on any atom is -0.411 e. The van der Waals surface area contributed by atoms with Crippen molar-refractivity contribution >= 4 is 11.4 Å². The summed E-state index contributed by atoms with van der Waals surface area (Å²) < 4.78 is 59.6. The second-order valence-electron chi connectivity index (χ2n) is 8.01. The van der Waals surface area contributed by atoms with Crippen molar-refractivity contribution in [3.63, 3.8) is 0 Å². The highest BCUT2D eigenvalue weighted by molar-refractivity contribution is 5.90.